The first-order valence-electron chi connectivity index (χ1n) is 16.2. The van der Waals surface area contributed by atoms with Crippen molar-refractivity contribution in [3.05, 3.63) is 12.3 Å². The fourth-order valence-electron chi connectivity index (χ4n) is 5.46. The van der Waals surface area contributed by atoms with E-state index in [0.717, 1.165) is 0 Å². The van der Waals surface area contributed by atoms with E-state index in [2.05, 4.69) is 80.6 Å². The molecule has 0 saturated carbocycles. The average molecular weight is 540 g/mol. The van der Waals surface area contributed by atoms with Gasteiger partial charge in [0.25, 0.3) is 8.56 Å². The van der Waals surface area contributed by atoms with Crippen LogP contribution in [0, 0.1) is 0 Å². The van der Waals surface area contributed by atoms with Crippen molar-refractivity contribution in [1.29, 1.82) is 0 Å². The Morgan fingerprint density at radius 3 is 0.972 bits per heavy atom. The Balaban J connectivity index is 6.80. The van der Waals surface area contributed by atoms with Gasteiger partial charge in [-0.1, -0.05) is 106 Å². The van der Waals surface area contributed by atoms with Gasteiger partial charge in [0.1, 0.15) is 0 Å². The third kappa shape index (κ3) is 13.2. The van der Waals surface area contributed by atoms with Crippen molar-refractivity contribution in [3.8, 4) is 0 Å². The standard InChI is InChI=1S/C31H69N3Si2/c1-10-17-24-32(25-18-11-2)36(31-23-30-35(8,9)16-7,33(26-19-12-3)27-20-13-4)34(28-21-14-5)29-22-15-6/h16H,7,10-15,17-31H2,1-6,8-9H3. The summed E-state index contributed by atoms with van der Waals surface area (Å²) < 4.78 is 9.41. The first kappa shape index (κ1) is 36.1. The summed E-state index contributed by atoms with van der Waals surface area (Å²) in [6.07, 6.45) is 17.3. The molecule has 5 heteroatoms. The highest BCUT2D eigenvalue weighted by molar-refractivity contribution is 6.82. The molecule has 0 rings (SSSR count). The van der Waals surface area contributed by atoms with Crippen LogP contribution in [-0.2, 0) is 0 Å². The summed E-state index contributed by atoms with van der Waals surface area (Å²) in [6.45, 7) is 31.4. The van der Waals surface area contributed by atoms with E-state index in [4.69, 9.17) is 0 Å². The van der Waals surface area contributed by atoms with E-state index in [1.165, 1.54) is 135 Å². The molecule has 0 aliphatic heterocycles. The van der Waals surface area contributed by atoms with Gasteiger partial charge in [-0.3, -0.25) is 13.7 Å². The normalized spacial score (nSPS) is 12.9. The predicted octanol–water partition coefficient (Wildman–Crippen LogP) is 9.46. The molecule has 0 aliphatic rings. The molecular formula is C31H69N3Si2. The quantitative estimate of drug-likeness (QED) is 0.101. The first-order chi connectivity index (χ1) is 17.3. The number of hydrogen-bond acceptors (Lipinski definition) is 3. The van der Waals surface area contributed by atoms with Gasteiger partial charge in [0, 0.05) is 0 Å². The Morgan fingerprint density at radius 2 is 0.750 bits per heavy atom. The van der Waals surface area contributed by atoms with Crippen LogP contribution >= 0.6 is 0 Å². The van der Waals surface area contributed by atoms with E-state index in [0.29, 0.717) is 0 Å². The second-order valence-corrected chi connectivity index (χ2v) is 20.7. The largest absolute Gasteiger partial charge is 0.299 e. The Labute approximate surface area is 231 Å². The molecule has 0 bridgehead atoms. The minimum absolute atomic E-state index is 1.30. The molecule has 0 aromatic heterocycles. The number of unbranched alkanes of at least 4 members (excludes halogenated alkanes) is 6. The topological polar surface area (TPSA) is 9.72 Å². The lowest BCUT2D eigenvalue weighted by molar-refractivity contribution is 0.221. The molecule has 0 aromatic carbocycles. The minimum Gasteiger partial charge on any atom is -0.299 e. The molecule has 0 N–H and O–H groups in total. The Bertz CT molecular complexity index is 438. The number of nitrogens with zero attached hydrogens (tertiary/aromatic N) is 3. The van der Waals surface area contributed by atoms with Crippen LogP contribution in [0.15, 0.2) is 12.3 Å². The molecule has 0 aromatic rings. The first-order valence-corrected chi connectivity index (χ1v) is 21.5. The van der Waals surface area contributed by atoms with Gasteiger partial charge < -0.3 is 0 Å². The highest BCUT2D eigenvalue weighted by Gasteiger charge is 2.49. The Hall–Kier alpha value is 0.0538. The van der Waals surface area contributed by atoms with E-state index in [-0.39, 0.29) is 0 Å². The lowest BCUT2D eigenvalue weighted by Gasteiger charge is -2.55. The van der Waals surface area contributed by atoms with Crippen LogP contribution in [0.1, 0.15) is 125 Å². The zero-order chi connectivity index (χ0) is 27.3. The van der Waals surface area contributed by atoms with Crippen LogP contribution < -0.4 is 0 Å². The summed E-state index contributed by atoms with van der Waals surface area (Å²) in [5, 5.41) is 0. The number of rotatable bonds is 26. The lowest BCUT2D eigenvalue weighted by Crippen LogP contribution is -2.76. The van der Waals surface area contributed by atoms with Crippen LogP contribution in [0.4, 0.5) is 0 Å². The third-order valence-corrected chi connectivity index (χ3v) is 16.2. The van der Waals surface area contributed by atoms with Crippen molar-refractivity contribution in [2.45, 2.75) is 150 Å². The maximum atomic E-state index is 4.24. The zero-order valence-corrected chi connectivity index (χ0v) is 28.5. The van der Waals surface area contributed by atoms with E-state index in [9.17, 15) is 0 Å². The van der Waals surface area contributed by atoms with Crippen molar-refractivity contribution in [3.63, 3.8) is 0 Å². The van der Waals surface area contributed by atoms with E-state index in [1.807, 2.05) is 0 Å². The van der Waals surface area contributed by atoms with Crippen molar-refractivity contribution < 1.29 is 0 Å². The predicted molar refractivity (Wildman–Crippen MR) is 172 cm³/mol. The van der Waals surface area contributed by atoms with E-state index < -0.39 is 16.6 Å². The molecular weight excluding hydrogens is 471 g/mol. The third-order valence-electron chi connectivity index (χ3n) is 8.09. The molecule has 36 heavy (non-hydrogen) atoms. The van der Waals surface area contributed by atoms with Gasteiger partial charge in [-0.05, 0) is 83.8 Å². The van der Waals surface area contributed by atoms with E-state index >= 15 is 0 Å². The monoisotopic (exact) mass is 540 g/mol. The molecule has 216 valence electrons. The maximum absolute atomic E-state index is 4.24. The van der Waals surface area contributed by atoms with Crippen LogP contribution in [0.2, 0.25) is 25.2 Å². The Morgan fingerprint density at radius 1 is 0.472 bits per heavy atom. The van der Waals surface area contributed by atoms with Crippen LogP contribution in [0.25, 0.3) is 0 Å². The summed E-state index contributed by atoms with van der Waals surface area (Å²) >= 11 is 0. The molecule has 0 heterocycles. The summed E-state index contributed by atoms with van der Waals surface area (Å²) in [4.78, 5) is 0. The van der Waals surface area contributed by atoms with Gasteiger partial charge in [-0.25, -0.2) is 0 Å². The van der Waals surface area contributed by atoms with Gasteiger partial charge in [0.05, 0.1) is 8.07 Å². The summed E-state index contributed by atoms with van der Waals surface area (Å²) in [5.74, 6) is 0. The van der Waals surface area contributed by atoms with Crippen molar-refractivity contribution >= 4 is 16.6 Å². The number of hydrogen-bond donors (Lipinski definition) is 0. The zero-order valence-electron chi connectivity index (χ0n) is 26.5. The summed E-state index contributed by atoms with van der Waals surface area (Å²) in [7, 11) is -3.33. The van der Waals surface area contributed by atoms with Gasteiger partial charge in [-0.15, -0.1) is 12.3 Å². The molecule has 0 radical (unpaired) electrons. The van der Waals surface area contributed by atoms with Crippen molar-refractivity contribution in [1.82, 2.24) is 13.7 Å². The van der Waals surface area contributed by atoms with Crippen LogP contribution in [-0.4, -0.2) is 69.6 Å². The van der Waals surface area contributed by atoms with Crippen molar-refractivity contribution in [2.75, 3.05) is 39.3 Å². The highest BCUT2D eigenvalue weighted by Crippen LogP contribution is 2.32. The molecule has 0 saturated heterocycles. The summed E-state index contributed by atoms with van der Waals surface area (Å²) in [6, 6.07) is 2.82. The Kier molecular flexibility index (Phi) is 22.0. The molecule has 0 spiro atoms. The fraction of sp³-hybridized carbons (Fsp3) is 0.935. The molecule has 0 amide bonds. The highest BCUT2D eigenvalue weighted by atomic mass is 28.4. The molecule has 3 nitrogen and oxygen atoms in total. The lowest BCUT2D eigenvalue weighted by atomic mass is 10.3. The molecule has 0 unspecified atom stereocenters. The van der Waals surface area contributed by atoms with Gasteiger partial charge in [0.2, 0.25) is 0 Å². The maximum Gasteiger partial charge on any atom is 0.289 e. The SMILES string of the molecule is C=C[Si](C)(C)CCC[Si](N(CCCC)CCCC)(N(CCCC)CCCC)N(CCCC)CCCC. The smallest absolute Gasteiger partial charge is 0.289 e. The molecule has 0 aliphatic carbocycles. The second-order valence-electron chi connectivity index (χ2n) is 11.9. The molecule has 0 atom stereocenters. The van der Waals surface area contributed by atoms with Crippen LogP contribution in [0.5, 0.6) is 0 Å². The minimum atomic E-state index is -2.03. The van der Waals surface area contributed by atoms with E-state index in [1.54, 1.807) is 0 Å². The second kappa shape index (κ2) is 21.9. The summed E-state index contributed by atoms with van der Waals surface area (Å²) in [5.41, 5.74) is 2.33. The van der Waals surface area contributed by atoms with Gasteiger partial charge in [-0.2, -0.15) is 0 Å². The van der Waals surface area contributed by atoms with Gasteiger partial charge >= 0.3 is 0 Å². The average Bonchev–Trinajstić information content (AvgIpc) is 2.87. The van der Waals surface area contributed by atoms with Crippen molar-refractivity contribution in [2.24, 2.45) is 0 Å². The fourth-order valence-corrected chi connectivity index (χ4v) is 13.0. The molecule has 0 fully saturated rings. The van der Waals surface area contributed by atoms with Crippen LogP contribution in [0.3, 0.4) is 0 Å². The van der Waals surface area contributed by atoms with Gasteiger partial charge in [0.15, 0.2) is 0 Å².